The Bertz CT molecular complexity index is 585. The average Bonchev–Trinajstić information content (AvgIpc) is 2.55. The maximum absolute atomic E-state index is 5.84. The summed E-state index contributed by atoms with van der Waals surface area (Å²) in [4.78, 5) is 2.20. The maximum atomic E-state index is 5.84. The number of aromatic nitrogens is 1. The van der Waals surface area contributed by atoms with E-state index in [0.717, 1.165) is 18.8 Å². The van der Waals surface area contributed by atoms with Gasteiger partial charge in [0.25, 0.3) is 0 Å². The summed E-state index contributed by atoms with van der Waals surface area (Å²) in [5.74, 6) is 1.20. The molecule has 22 heavy (non-hydrogen) atoms. The number of rotatable bonds is 7. The van der Waals surface area contributed by atoms with E-state index in [4.69, 9.17) is 23.2 Å². The molecule has 0 atom stereocenters. The summed E-state index contributed by atoms with van der Waals surface area (Å²) in [6, 6.07) is 12.6. The van der Waals surface area contributed by atoms with Crippen LogP contribution in [0.15, 0.2) is 48.8 Å². The fourth-order valence-electron chi connectivity index (χ4n) is 2.19. The summed E-state index contributed by atoms with van der Waals surface area (Å²) in [6.07, 6.45) is 8.31. The van der Waals surface area contributed by atoms with Gasteiger partial charge in [-0.15, -0.1) is 23.2 Å². The van der Waals surface area contributed by atoms with Crippen LogP contribution < -0.4 is 9.47 Å². The molecule has 0 aliphatic carbocycles. The number of hydrogen-bond donors (Lipinski definition) is 0. The van der Waals surface area contributed by atoms with Crippen LogP contribution in [0.5, 0.6) is 0 Å². The average molecular weight is 336 g/mol. The second-order valence-corrected chi connectivity index (χ2v) is 5.84. The van der Waals surface area contributed by atoms with Crippen LogP contribution >= 0.6 is 23.2 Å². The smallest absolute Gasteiger partial charge is 0.169 e. The van der Waals surface area contributed by atoms with E-state index in [1.54, 1.807) is 0 Å². The Morgan fingerprint density at radius 2 is 1.36 bits per heavy atom. The van der Waals surface area contributed by atoms with Gasteiger partial charge in [-0.1, -0.05) is 24.3 Å². The number of anilines is 1. The normalized spacial score (nSPS) is 11.0. The standard InChI is InChI=1S/C18H21Cl2N2/c1-21-12-8-17(9-13-21)3-2-16-4-6-18(7-5-16)22(14-10-19)15-11-20/h2-9,12-13H,10-11,14-15H2,1H3/q+1. The van der Waals surface area contributed by atoms with E-state index in [9.17, 15) is 0 Å². The molecule has 0 N–H and O–H groups in total. The number of hydrogen-bond acceptors (Lipinski definition) is 1. The summed E-state index contributed by atoms with van der Waals surface area (Å²) >= 11 is 11.7. The molecule has 0 saturated carbocycles. The molecule has 0 amide bonds. The predicted molar refractivity (Wildman–Crippen MR) is 96.6 cm³/mol. The largest absolute Gasteiger partial charge is 0.369 e. The summed E-state index contributed by atoms with van der Waals surface area (Å²) < 4.78 is 2.02. The van der Waals surface area contributed by atoms with Crippen molar-refractivity contribution in [1.29, 1.82) is 0 Å². The van der Waals surface area contributed by atoms with Crippen molar-refractivity contribution in [2.24, 2.45) is 7.05 Å². The van der Waals surface area contributed by atoms with Crippen molar-refractivity contribution >= 4 is 41.0 Å². The molecule has 0 unspecified atom stereocenters. The van der Waals surface area contributed by atoms with Gasteiger partial charge in [0.15, 0.2) is 12.4 Å². The SMILES string of the molecule is C[n+]1ccc(/C=C/c2ccc(N(CCCl)CCCl)cc2)cc1. The Morgan fingerprint density at radius 1 is 0.864 bits per heavy atom. The zero-order valence-corrected chi connectivity index (χ0v) is 14.3. The molecule has 1 aromatic heterocycles. The van der Waals surface area contributed by atoms with Gasteiger partial charge < -0.3 is 4.90 Å². The van der Waals surface area contributed by atoms with Gasteiger partial charge in [-0.2, -0.15) is 0 Å². The lowest BCUT2D eigenvalue weighted by Crippen LogP contribution is -2.27. The van der Waals surface area contributed by atoms with Crippen LogP contribution in [0.3, 0.4) is 0 Å². The summed E-state index contributed by atoms with van der Waals surface area (Å²) in [6.45, 7) is 1.62. The molecular formula is C18H21Cl2N2+. The van der Waals surface area contributed by atoms with Crippen molar-refractivity contribution in [3.63, 3.8) is 0 Å². The number of aryl methyl sites for hydroxylation is 1. The van der Waals surface area contributed by atoms with Crippen LogP contribution in [0.4, 0.5) is 5.69 Å². The third-order valence-corrected chi connectivity index (χ3v) is 3.78. The molecule has 0 fully saturated rings. The predicted octanol–water partition coefficient (Wildman–Crippen LogP) is 3.97. The van der Waals surface area contributed by atoms with Gasteiger partial charge in [0, 0.05) is 42.7 Å². The first-order chi connectivity index (χ1) is 10.7. The van der Waals surface area contributed by atoms with E-state index in [-0.39, 0.29) is 0 Å². The van der Waals surface area contributed by atoms with Crippen molar-refractivity contribution in [3.05, 3.63) is 59.9 Å². The summed E-state index contributed by atoms with van der Waals surface area (Å²) in [5, 5.41) is 0. The Hall–Kier alpha value is -1.51. The molecule has 2 rings (SSSR count). The van der Waals surface area contributed by atoms with E-state index >= 15 is 0 Å². The van der Waals surface area contributed by atoms with Crippen LogP contribution in [-0.4, -0.2) is 24.8 Å². The first-order valence-corrected chi connectivity index (χ1v) is 8.40. The van der Waals surface area contributed by atoms with Gasteiger partial charge in [-0.25, -0.2) is 4.57 Å². The fourth-order valence-corrected chi connectivity index (χ4v) is 2.59. The van der Waals surface area contributed by atoms with E-state index in [2.05, 4.69) is 53.5 Å². The maximum Gasteiger partial charge on any atom is 0.169 e. The number of nitrogens with zero attached hydrogens (tertiary/aromatic N) is 2. The van der Waals surface area contributed by atoms with Gasteiger partial charge >= 0.3 is 0 Å². The summed E-state index contributed by atoms with van der Waals surface area (Å²) in [5.41, 5.74) is 3.52. The second-order valence-electron chi connectivity index (χ2n) is 5.09. The van der Waals surface area contributed by atoms with Crippen molar-refractivity contribution < 1.29 is 4.57 Å². The van der Waals surface area contributed by atoms with Crippen LogP contribution in [0.2, 0.25) is 0 Å². The van der Waals surface area contributed by atoms with Gasteiger partial charge in [-0.3, -0.25) is 0 Å². The minimum Gasteiger partial charge on any atom is -0.369 e. The van der Waals surface area contributed by atoms with Crippen molar-refractivity contribution in [2.45, 2.75) is 0 Å². The molecule has 0 aliphatic heterocycles. The molecule has 2 nitrogen and oxygen atoms in total. The molecule has 0 saturated heterocycles. The van der Waals surface area contributed by atoms with E-state index in [0.29, 0.717) is 11.8 Å². The molecule has 116 valence electrons. The van der Waals surface area contributed by atoms with E-state index in [1.165, 1.54) is 11.1 Å². The molecule has 0 spiro atoms. The fraction of sp³-hybridized carbons (Fsp3) is 0.278. The minimum atomic E-state index is 0.601. The van der Waals surface area contributed by atoms with Crippen molar-refractivity contribution in [2.75, 3.05) is 29.7 Å². The zero-order valence-electron chi connectivity index (χ0n) is 12.8. The van der Waals surface area contributed by atoms with E-state index in [1.807, 2.05) is 24.0 Å². The molecule has 0 radical (unpaired) electrons. The Labute approximate surface area is 142 Å². The third-order valence-electron chi connectivity index (χ3n) is 3.44. The van der Waals surface area contributed by atoms with E-state index < -0.39 is 0 Å². The lowest BCUT2D eigenvalue weighted by atomic mass is 10.1. The monoisotopic (exact) mass is 335 g/mol. The van der Waals surface area contributed by atoms with Gasteiger partial charge in [0.05, 0.1) is 0 Å². The van der Waals surface area contributed by atoms with Crippen LogP contribution in [-0.2, 0) is 7.05 Å². The topological polar surface area (TPSA) is 7.12 Å². The molecule has 1 heterocycles. The Kier molecular flexibility index (Phi) is 6.75. The minimum absolute atomic E-state index is 0.601. The highest BCUT2D eigenvalue weighted by Crippen LogP contribution is 2.17. The van der Waals surface area contributed by atoms with Gasteiger partial charge in [-0.05, 0) is 23.3 Å². The number of alkyl halides is 2. The van der Waals surface area contributed by atoms with Crippen LogP contribution in [0.25, 0.3) is 12.2 Å². The second kappa shape index (κ2) is 8.82. The molecule has 1 aromatic carbocycles. The Balaban J connectivity index is 2.06. The lowest BCUT2D eigenvalue weighted by molar-refractivity contribution is -0.671. The molecule has 4 heteroatoms. The highest BCUT2D eigenvalue weighted by atomic mass is 35.5. The van der Waals surface area contributed by atoms with Crippen LogP contribution in [0.1, 0.15) is 11.1 Å². The molecule has 2 aromatic rings. The van der Waals surface area contributed by atoms with Gasteiger partial charge in [0.1, 0.15) is 7.05 Å². The van der Waals surface area contributed by atoms with Gasteiger partial charge in [0.2, 0.25) is 0 Å². The first kappa shape index (κ1) is 16.9. The highest BCUT2D eigenvalue weighted by molar-refractivity contribution is 6.18. The molecule has 0 bridgehead atoms. The number of benzene rings is 1. The van der Waals surface area contributed by atoms with Crippen molar-refractivity contribution in [1.82, 2.24) is 0 Å². The highest BCUT2D eigenvalue weighted by Gasteiger charge is 2.04. The third kappa shape index (κ3) is 5.04. The molecule has 0 aliphatic rings. The Morgan fingerprint density at radius 3 is 1.86 bits per heavy atom. The number of halogens is 2. The lowest BCUT2D eigenvalue weighted by Gasteiger charge is -2.22. The van der Waals surface area contributed by atoms with Crippen LogP contribution in [0, 0.1) is 0 Å². The van der Waals surface area contributed by atoms with Crippen molar-refractivity contribution in [3.8, 4) is 0 Å². The number of pyridine rings is 1. The zero-order chi connectivity index (χ0) is 15.8. The summed E-state index contributed by atoms with van der Waals surface area (Å²) in [7, 11) is 2.01. The first-order valence-electron chi connectivity index (χ1n) is 7.33. The molecular weight excluding hydrogens is 315 g/mol. The quantitative estimate of drug-likeness (QED) is 0.548.